The minimum atomic E-state index is -0.315. The van der Waals surface area contributed by atoms with E-state index in [9.17, 15) is 4.39 Å². The first-order chi connectivity index (χ1) is 10.0. The van der Waals surface area contributed by atoms with Gasteiger partial charge in [-0.25, -0.2) is 4.39 Å². The SMILES string of the molecule is CNCc1cc(Br)cc(C)c1OCc1cc(Cl)ccc1F. The maximum absolute atomic E-state index is 13.7. The van der Waals surface area contributed by atoms with Crippen LogP contribution >= 0.6 is 27.5 Å². The lowest BCUT2D eigenvalue weighted by Crippen LogP contribution is -2.09. The van der Waals surface area contributed by atoms with Crippen molar-refractivity contribution in [2.45, 2.75) is 20.1 Å². The molecule has 0 amide bonds. The standard InChI is InChI=1S/C16H16BrClFNO/c1-10-5-13(17)6-11(8-20-2)16(10)21-9-12-7-14(18)3-4-15(12)19/h3-7,20H,8-9H2,1-2H3. The van der Waals surface area contributed by atoms with Gasteiger partial charge in [-0.05, 0) is 49.9 Å². The number of nitrogens with one attached hydrogen (secondary N) is 1. The van der Waals surface area contributed by atoms with Gasteiger partial charge in [0.2, 0.25) is 0 Å². The van der Waals surface area contributed by atoms with Crippen LogP contribution in [0.1, 0.15) is 16.7 Å². The Labute approximate surface area is 137 Å². The van der Waals surface area contributed by atoms with Crippen LogP contribution < -0.4 is 10.1 Å². The number of rotatable bonds is 5. The van der Waals surface area contributed by atoms with Crippen molar-refractivity contribution in [1.29, 1.82) is 0 Å². The van der Waals surface area contributed by atoms with Crippen LogP contribution in [0.15, 0.2) is 34.8 Å². The number of benzene rings is 2. The van der Waals surface area contributed by atoms with Gasteiger partial charge in [0.15, 0.2) is 0 Å². The molecule has 0 unspecified atom stereocenters. The van der Waals surface area contributed by atoms with Crippen molar-refractivity contribution in [2.24, 2.45) is 0 Å². The van der Waals surface area contributed by atoms with Gasteiger partial charge >= 0.3 is 0 Å². The summed E-state index contributed by atoms with van der Waals surface area (Å²) in [5.41, 5.74) is 2.46. The van der Waals surface area contributed by atoms with E-state index in [0.717, 1.165) is 21.3 Å². The largest absolute Gasteiger partial charge is 0.488 e. The first-order valence-corrected chi connectivity index (χ1v) is 7.68. The normalized spacial score (nSPS) is 10.7. The van der Waals surface area contributed by atoms with Gasteiger partial charge in [-0.15, -0.1) is 0 Å². The summed E-state index contributed by atoms with van der Waals surface area (Å²) in [6.07, 6.45) is 0. The van der Waals surface area contributed by atoms with Crippen molar-refractivity contribution in [2.75, 3.05) is 7.05 Å². The molecule has 0 bridgehead atoms. The maximum atomic E-state index is 13.7. The van der Waals surface area contributed by atoms with E-state index in [0.29, 0.717) is 17.1 Å². The molecule has 0 radical (unpaired) electrons. The second kappa shape index (κ2) is 7.25. The molecule has 2 nitrogen and oxygen atoms in total. The molecule has 0 fully saturated rings. The van der Waals surface area contributed by atoms with Crippen molar-refractivity contribution in [3.8, 4) is 5.75 Å². The zero-order valence-electron chi connectivity index (χ0n) is 11.8. The number of hydrogen-bond donors (Lipinski definition) is 1. The Balaban J connectivity index is 2.25. The van der Waals surface area contributed by atoms with Crippen LogP contribution in [0.3, 0.4) is 0 Å². The Morgan fingerprint density at radius 2 is 2.00 bits per heavy atom. The highest BCUT2D eigenvalue weighted by Crippen LogP contribution is 2.29. The third-order valence-corrected chi connectivity index (χ3v) is 3.76. The molecule has 0 aliphatic heterocycles. The molecule has 1 N–H and O–H groups in total. The summed E-state index contributed by atoms with van der Waals surface area (Å²) < 4.78 is 20.6. The summed E-state index contributed by atoms with van der Waals surface area (Å²) in [6, 6.07) is 8.43. The van der Waals surface area contributed by atoms with Crippen molar-refractivity contribution in [3.63, 3.8) is 0 Å². The van der Waals surface area contributed by atoms with Crippen molar-refractivity contribution >= 4 is 27.5 Å². The monoisotopic (exact) mass is 371 g/mol. The summed E-state index contributed by atoms with van der Waals surface area (Å²) in [4.78, 5) is 0. The molecule has 2 aromatic carbocycles. The first-order valence-electron chi connectivity index (χ1n) is 6.51. The fraction of sp³-hybridized carbons (Fsp3) is 0.250. The molecule has 0 aliphatic carbocycles. The van der Waals surface area contributed by atoms with E-state index in [1.807, 2.05) is 26.1 Å². The van der Waals surface area contributed by atoms with Crippen molar-refractivity contribution < 1.29 is 9.13 Å². The molecule has 2 aromatic rings. The molecule has 0 saturated carbocycles. The third-order valence-electron chi connectivity index (χ3n) is 3.06. The Morgan fingerprint density at radius 1 is 1.24 bits per heavy atom. The minimum absolute atomic E-state index is 0.144. The van der Waals surface area contributed by atoms with E-state index < -0.39 is 0 Å². The Morgan fingerprint density at radius 3 is 2.71 bits per heavy atom. The second-order valence-corrected chi connectivity index (χ2v) is 6.12. The zero-order chi connectivity index (χ0) is 15.4. The van der Waals surface area contributed by atoms with Gasteiger partial charge in [0.25, 0.3) is 0 Å². The summed E-state index contributed by atoms with van der Waals surface area (Å²) in [6.45, 7) is 2.78. The molecule has 0 saturated heterocycles. The maximum Gasteiger partial charge on any atom is 0.129 e. The molecule has 0 spiro atoms. The lowest BCUT2D eigenvalue weighted by Gasteiger charge is -2.15. The number of halogens is 3. The molecule has 5 heteroatoms. The van der Waals surface area contributed by atoms with Crippen LogP contribution in [0.5, 0.6) is 5.75 Å². The number of hydrogen-bond acceptors (Lipinski definition) is 2. The Bertz CT molecular complexity index is 648. The van der Waals surface area contributed by atoms with Crippen LogP contribution in [0.2, 0.25) is 5.02 Å². The van der Waals surface area contributed by atoms with Crippen LogP contribution in [0.4, 0.5) is 4.39 Å². The van der Waals surface area contributed by atoms with Gasteiger partial charge in [0, 0.05) is 27.2 Å². The predicted molar refractivity (Wildman–Crippen MR) is 87.4 cm³/mol. The number of ether oxygens (including phenoxy) is 1. The average Bonchev–Trinajstić information content (AvgIpc) is 2.41. The molecule has 0 aliphatic rings. The van der Waals surface area contributed by atoms with E-state index in [2.05, 4.69) is 21.2 Å². The minimum Gasteiger partial charge on any atom is -0.488 e. The van der Waals surface area contributed by atoms with Gasteiger partial charge in [0.1, 0.15) is 18.2 Å². The lowest BCUT2D eigenvalue weighted by molar-refractivity contribution is 0.294. The van der Waals surface area contributed by atoms with Crippen molar-refractivity contribution in [1.82, 2.24) is 5.32 Å². The van der Waals surface area contributed by atoms with Gasteiger partial charge in [0.05, 0.1) is 0 Å². The van der Waals surface area contributed by atoms with Crippen LogP contribution in [-0.2, 0) is 13.2 Å². The molecule has 21 heavy (non-hydrogen) atoms. The predicted octanol–water partition coefficient (Wildman–Crippen LogP) is 4.85. The summed E-state index contributed by atoms with van der Waals surface area (Å²) in [5, 5.41) is 3.60. The van der Waals surface area contributed by atoms with Crippen LogP contribution in [-0.4, -0.2) is 7.05 Å². The van der Waals surface area contributed by atoms with E-state index in [1.165, 1.54) is 12.1 Å². The zero-order valence-corrected chi connectivity index (χ0v) is 14.2. The van der Waals surface area contributed by atoms with Gasteiger partial charge in [-0.3, -0.25) is 0 Å². The summed E-state index contributed by atoms with van der Waals surface area (Å²) in [7, 11) is 1.87. The Kier molecular flexibility index (Phi) is 5.62. The van der Waals surface area contributed by atoms with Gasteiger partial charge < -0.3 is 10.1 Å². The highest BCUT2D eigenvalue weighted by atomic mass is 79.9. The highest BCUT2D eigenvalue weighted by molar-refractivity contribution is 9.10. The molecule has 0 atom stereocenters. The lowest BCUT2D eigenvalue weighted by atomic mass is 10.1. The van der Waals surface area contributed by atoms with Crippen molar-refractivity contribution in [3.05, 3.63) is 62.3 Å². The number of aryl methyl sites for hydroxylation is 1. The second-order valence-electron chi connectivity index (χ2n) is 4.77. The van der Waals surface area contributed by atoms with E-state index in [-0.39, 0.29) is 12.4 Å². The summed E-state index contributed by atoms with van der Waals surface area (Å²) in [5.74, 6) is 0.455. The molecular formula is C16H16BrClFNO. The Hall–Kier alpha value is -1.10. The van der Waals surface area contributed by atoms with Gasteiger partial charge in [-0.2, -0.15) is 0 Å². The summed E-state index contributed by atoms with van der Waals surface area (Å²) >= 11 is 9.37. The van der Waals surface area contributed by atoms with E-state index in [4.69, 9.17) is 16.3 Å². The fourth-order valence-electron chi connectivity index (χ4n) is 2.13. The topological polar surface area (TPSA) is 21.3 Å². The molecule has 0 aromatic heterocycles. The molecule has 0 heterocycles. The molecule has 2 rings (SSSR count). The quantitative estimate of drug-likeness (QED) is 0.810. The smallest absolute Gasteiger partial charge is 0.129 e. The van der Waals surface area contributed by atoms with E-state index >= 15 is 0 Å². The highest BCUT2D eigenvalue weighted by Gasteiger charge is 2.11. The molecular weight excluding hydrogens is 357 g/mol. The van der Waals surface area contributed by atoms with E-state index in [1.54, 1.807) is 6.07 Å². The van der Waals surface area contributed by atoms with Crippen LogP contribution in [0.25, 0.3) is 0 Å². The third kappa shape index (κ3) is 4.19. The average molecular weight is 373 g/mol. The van der Waals surface area contributed by atoms with Crippen LogP contribution in [0, 0.1) is 12.7 Å². The molecule has 112 valence electrons. The first kappa shape index (κ1) is 16.3. The van der Waals surface area contributed by atoms with Gasteiger partial charge in [-0.1, -0.05) is 27.5 Å². The fourth-order valence-corrected chi connectivity index (χ4v) is 2.95.